The molecule has 7 heteroatoms. The van der Waals surface area contributed by atoms with Crippen LogP contribution in [0.5, 0.6) is 5.75 Å². The summed E-state index contributed by atoms with van der Waals surface area (Å²) in [6.45, 7) is 3.89. The number of halogens is 2. The highest BCUT2D eigenvalue weighted by Gasteiger charge is 2.20. The Kier molecular flexibility index (Phi) is 5.07. The van der Waals surface area contributed by atoms with Crippen molar-refractivity contribution in [1.82, 2.24) is 9.88 Å². The number of likely N-dealkylation sites (N-methyl/N-ethyl adjacent to an activating group) is 1. The molecule has 1 aromatic heterocycles. The quantitative estimate of drug-likeness (QED) is 0.848. The molecular weight excluding hydrogens is 310 g/mol. The van der Waals surface area contributed by atoms with Crippen molar-refractivity contribution in [1.29, 1.82) is 0 Å². The van der Waals surface area contributed by atoms with Gasteiger partial charge in [0.15, 0.2) is 17.7 Å². The standard InChI is InChI=1S/C15H16F2N2O2S/c1-9(21-11-4-5-13(16)14(17)6-11)15(20)19(3)8-12-7-18-10(2)22-12/h4-7,9H,8H2,1-3H3/t9-/m1/s1. The lowest BCUT2D eigenvalue weighted by Crippen LogP contribution is -2.37. The van der Waals surface area contributed by atoms with Gasteiger partial charge in [0.2, 0.25) is 0 Å². The second kappa shape index (κ2) is 6.83. The van der Waals surface area contributed by atoms with Crippen LogP contribution in [0.1, 0.15) is 16.8 Å². The lowest BCUT2D eigenvalue weighted by atomic mass is 10.3. The summed E-state index contributed by atoms with van der Waals surface area (Å²) in [6, 6.07) is 3.17. The summed E-state index contributed by atoms with van der Waals surface area (Å²) in [5.74, 6) is -2.10. The first-order valence-corrected chi connectivity index (χ1v) is 7.46. The highest BCUT2D eigenvalue weighted by atomic mass is 32.1. The number of amides is 1. The van der Waals surface area contributed by atoms with E-state index < -0.39 is 17.7 Å². The topological polar surface area (TPSA) is 42.4 Å². The molecule has 0 spiro atoms. The summed E-state index contributed by atoms with van der Waals surface area (Å²) in [7, 11) is 1.66. The lowest BCUT2D eigenvalue weighted by Gasteiger charge is -2.21. The van der Waals surface area contributed by atoms with Crippen LogP contribution in [-0.4, -0.2) is 28.9 Å². The molecule has 0 unspecified atom stereocenters. The zero-order valence-corrected chi connectivity index (χ0v) is 13.3. The van der Waals surface area contributed by atoms with Gasteiger partial charge in [0.05, 0.1) is 11.6 Å². The number of carbonyl (C=O) groups is 1. The van der Waals surface area contributed by atoms with E-state index in [1.807, 2.05) is 6.92 Å². The molecule has 0 aliphatic rings. The summed E-state index contributed by atoms with van der Waals surface area (Å²) in [4.78, 5) is 18.8. The van der Waals surface area contributed by atoms with Gasteiger partial charge >= 0.3 is 0 Å². The van der Waals surface area contributed by atoms with Gasteiger partial charge < -0.3 is 9.64 Å². The maximum Gasteiger partial charge on any atom is 0.263 e. The van der Waals surface area contributed by atoms with Crippen molar-refractivity contribution in [2.45, 2.75) is 26.5 Å². The average molecular weight is 326 g/mol. The highest BCUT2D eigenvalue weighted by molar-refractivity contribution is 7.11. The number of carbonyl (C=O) groups excluding carboxylic acids is 1. The molecule has 0 N–H and O–H groups in total. The normalized spacial score (nSPS) is 12.0. The van der Waals surface area contributed by atoms with E-state index in [9.17, 15) is 13.6 Å². The average Bonchev–Trinajstić information content (AvgIpc) is 2.87. The number of benzene rings is 1. The molecule has 0 aliphatic carbocycles. The van der Waals surface area contributed by atoms with Crippen LogP contribution < -0.4 is 4.74 Å². The Bertz CT molecular complexity index is 675. The Labute approximate surface area is 131 Å². The van der Waals surface area contributed by atoms with Crippen LogP contribution in [0, 0.1) is 18.6 Å². The van der Waals surface area contributed by atoms with Crippen LogP contribution in [-0.2, 0) is 11.3 Å². The first-order valence-electron chi connectivity index (χ1n) is 6.65. The number of aromatic nitrogens is 1. The number of hydrogen-bond donors (Lipinski definition) is 0. The molecule has 0 fully saturated rings. The van der Waals surface area contributed by atoms with Gasteiger partial charge in [0, 0.05) is 24.2 Å². The van der Waals surface area contributed by atoms with Crippen molar-refractivity contribution in [2.24, 2.45) is 0 Å². The first-order chi connectivity index (χ1) is 10.4. The van der Waals surface area contributed by atoms with E-state index in [0.717, 1.165) is 22.0 Å². The Morgan fingerprint density at radius 3 is 2.73 bits per heavy atom. The third-order valence-electron chi connectivity index (χ3n) is 2.99. The fourth-order valence-electron chi connectivity index (χ4n) is 1.91. The fourth-order valence-corrected chi connectivity index (χ4v) is 2.75. The molecule has 0 bridgehead atoms. The van der Waals surface area contributed by atoms with E-state index in [-0.39, 0.29) is 11.7 Å². The van der Waals surface area contributed by atoms with Crippen molar-refractivity contribution in [3.05, 3.63) is 45.9 Å². The number of aryl methyl sites for hydroxylation is 1. The van der Waals surface area contributed by atoms with Crippen LogP contribution in [0.2, 0.25) is 0 Å². The van der Waals surface area contributed by atoms with Crippen LogP contribution in [0.3, 0.4) is 0 Å². The minimum Gasteiger partial charge on any atom is -0.481 e. The van der Waals surface area contributed by atoms with Gasteiger partial charge in [-0.3, -0.25) is 4.79 Å². The Morgan fingerprint density at radius 2 is 2.14 bits per heavy atom. The van der Waals surface area contributed by atoms with Crippen LogP contribution in [0.15, 0.2) is 24.4 Å². The van der Waals surface area contributed by atoms with Gasteiger partial charge in [-0.1, -0.05) is 0 Å². The minimum atomic E-state index is -1.01. The third kappa shape index (κ3) is 4.00. The molecule has 0 saturated carbocycles. The number of thiazole rings is 1. The van der Waals surface area contributed by atoms with Gasteiger partial charge in [0.1, 0.15) is 5.75 Å². The van der Waals surface area contributed by atoms with Gasteiger partial charge in [-0.05, 0) is 26.0 Å². The number of rotatable bonds is 5. The zero-order chi connectivity index (χ0) is 16.3. The summed E-state index contributed by atoms with van der Waals surface area (Å²) < 4.78 is 31.3. The van der Waals surface area contributed by atoms with Crippen LogP contribution in [0.25, 0.3) is 0 Å². The molecule has 1 aromatic carbocycles. The molecule has 118 valence electrons. The molecule has 4 nitrogen and oxygen atoms in total. The third-order valence-corrected chi connectivity index (χ3v) is 3.89. The molecule has 2 aromatic rings. The van der Waals surface area contributed by atoms with E-state index in [4.69, 9.17) is 4.74 Å². The second-order valence-electron chi connectivity index (χ2n) is 4.88. The predicted molar refractivity (Wildman–Crippen MR) is 79.8 cm³/mol. The van der Waals surface area contributed by atoms with E-state index in [1.54, 1.807) is 20.2 Å². The minimum absolute atomic E-state index is 0.113. The van der Waals surface area contributed by atoms with Gasteiger partial charge in [-0.2, -0.15) is 0 Å². The molecule has 1 heterocycles. The van der Waals surface area contributed by atoms with Crippen molar-refractivity contribution in [3.8, 4) is 5.75 Å². The van der Waals surface area contributed by atoms with Crippen molar-refractivity contribution >= 4 is 17.2 Å². The van der Waals surface area contributed by atoms with Crippen LogP contribution >= 0.6 is 11.3 Å². The zero-order valence-electron chi connectivity index (χ0n) is 12.5. The Balaban J connectivity index is 1.97. The maximum atomic E-state index is 13.1. The first kappa shape index (κ1) is 16.4. The van der Waals surface area contributed by atoms with Gasteiger partial charge in [0.25, 0.3) is 5.91 Å². The van der Waals surface area contributed by atoms with Gasteiger partial charge in [-0.15, -0.1) is 11.3 Å². The Hall–Kier alpha value is -2.02. The molecule has 0 saturated heterocycles. The summed E-state index contributed by atoms with van der Waals surface area (Å²) in [5, 5.41) is 0.932. The number of ether oxygens (including phenoxy) is 1. The smallest absolute Gasteiger partial charge is 0.263 e. The molecule has 2 rings (SSSR count). The fraction of sp³-hybridized carbons (Fsp3) is 0.333. The van der Waals surface area contributed by atoms with Crippen molar-refractivity contribution in [2.75, 3.05) is 7.05 Å². The largest absolute Gasteiger partial charge is 0.481 e. The van der Waals surface area contributed by atoms with E-state index in [2.05, 4.69) is 4.98 Å². The molecule has 0 radical (unpaired) electrons. The van der Waals surface area contributed by atoms with Gasteiger partial charge in [-0.25, -0.2) is 13.8 Å². The van der Waals surface area contributed by atoms with Crippen LogP contribution in [0.4, 0.5) is 8.78 Å². The van der Waals surface area contributed by atoms with Crippen molar-refractivity contribution in [3.63, 3.8) is 0 Å². The number of hydrogen-bond acceptors (Lipinski definition) is 4. The summed E-state index contributed by atoms with van der Waals surface area (Å²) in [6.07, 6.45) is 0.925. The molecule has 1 atom stereocenters. The molecule has 1 amide bonds. The lowest BCUT2D eigenvalue weighted by molar-refractivity contribution is -0.137. The highest BCUT2D eigenvalue weighted by Crippen LogP contribution is 2.18. The number of nitrogens with zero attached hydrogens (tertiary/aromatic N) is 2. The SMILES string of the molecule is Cc1ncc(CN(C)C(=O)[C@@H](C)Oc2ccc(F)c(F)c2)s1. The Morgan fingerprint density at radius 1 is 1.41 bits per heavy atom. The van der Waals surface area contributed by atoms with E-state index >= 15 is 0 Å². The van der Waals surface area contributed by atoms with E-state index in [0.29, 0.717) is 6.54 Å². The molecular formula is C15H16F2N2O2S. The maximum absolute atomic E-state index is 13.1. The van der Waals surface area contributed by atoms with E-state index in [1.165, 1.54) is 22.3 Å². The summed E-state index contributed by atoms with van der Waals surface area (Å²) in [5.41, 5.74) is 0. The summed E-state index contributed by atoms with van der Waals surface area (Å²) >= 11 is 1.52. The van der Waals surface area contributed by atoms with Crippen molar-refractivity contribution < 1.29 is 18.3 Å². The molecule has 22 heavy (non-hydrogen) atoms. The second-order valence-corrected chi connectivity index (χ2v) is 6.20. The monoisotopic (exact) mass is 326 g/mol. The molecule has 0 aliphatic heterocycles. The predicted octanol–water partition coefficient (Wildman–Crippen LogP) is 3.16.